The fraction of sp³-hybridized carbons (Fsp3) is 0.719. The molecular weight excluding hydrogens is 416 g/mol. The van der Waals surface area contributed by atoms with Gasteiger partial charge in [-0.05, 0) is 80.1 Å². The second-order valence-corrected chi connectivity index (χ2v) is 11.0. The normalized spacial score (nSPS) is 22.9. The maximum atomic E-state index is 12.7. The Morgan fingerprint density at radius 1 is 0.765 bits per heavy atom. The molecule has 1 fully saturated rings. The van der Waals surface area contributed by atoms with Gasteiger partial charge in [-0.2, -0.15) is 0 Å². The van der Waals surface area contributed by atoms with Gasteiger partial charge in [0.05, 0.1) is 5.56 Å². The largest absolute Gasteiger partial charge is 0.459 e. The minimum Gasteiger partial charge on any atom is -0.459 e. The van der Waals surface area contributed by atoms with E-state index in [1.165, 1.54) is 114 Å². The van der Waals surface area contributed by atoms with Gasteiger partial charge in [0.15, 0.2) is 0 Å². The van der Waals surface area contributed by atoms with E-state index in [0.29, 0.717) is 5.56 Å². The third kappa shape index (κ3) is 9.23. The van der Waals surface area contributed by atoms with Crippen LogP contribution >= 0.6 is 0 Å². The lowest BCUT2D eigenvalue weighted by Crippen LogP contribution is -2.24. The number of esters is 1. The molecule has 0 amide bonds. The number of benzene rings is 1. The van der Waals surface area contributed by atoms with E-state index in [4.69, 9.17) is 4.74 Å². The first-order valence-electron chi connectivity index (χ1n) is 14.7. The van der Waals surface area contributed by atoms with Crippen molar-refractivity contribution in [3.8, 4) is 0 Å². The molecular formula is C32H50O2. The average molecular weight is 467 g/mol. The van der Waals surface area contributed by atoms with Gasteiger partial charge in [0.2, 0.25) is 0 Å². The molecule has 0 aromatic heterocycles. The predicted octanol–water partition coefficient (Wildman–Crippen LogP) is 9.92. The molecule has 0 bridgehead atoms. The summed E-state index contributed by atoms with van der Waals surface area (Å²) in [7, 11) is 0. The van der Waals surface area contributed by atoms with Crippen molar-refractivity contribution in [1.29, 1.82) is 0 Å². The summed E-state index contributed by atoms with van der Waals surface area (Å²) in [5, 5.41) is 0. The molecule has 0 spiro atoms. The van der Waals surface area contributed by atoms with Crippen LogP contribution in [0.1, 0.15) is 145 Å². The molecule has 190 valence electrons. The summed E-state index contributed by atoms with van der Waals surface area (Å²) in [6.45, 7) is 4.55. The van der Waals surface area contributed by atoms with Crippen molar-refractivity contribution in [3.05, 3.63) is 41.5 Å². The van der Waals surface area contributed by atoms with Crippen LogP contribution < -0.4 is 0 Å². The van der Waals surface area contributed by atoms with Crippen molar-refractivity contribution >= 4 is 11.5 Å². The van der Waals surface area contributed by atoms with Gasteiger partial charge < -0.3 is 4.74 Å². The SMILES string of the molecule is CCCCCCCCC1CC=C(c2ccc(C(=O)OC3CCC(CCCCC)CC3)cc2)CC1. The first kappa shape index (κ1) is 27.0. The second-order valence-electron chi connectivity index (χ2n) is 11.0. The Kier molecular flexibility index (Phi) is 12.3. The summed E-state index contributed by atoms with van der Waals surface area (Å²) in [4.78, 5) is 12.7. The molecule has 2 aliphatic carbocycles. The van der Waals surface area contributed by atoms with E-state index in [9.17, 15) is 4.79 Å². The van der Waals surface area contributed by atoms with Crippen LogP contribution in [0.5, 0.6) is 0 Å². The number of rotatable bonds is 14. The van der Waals surface area contributed by atoms with Crippen LogP contribution in [-0.2, 0) is 4.74 Å². The van der Waals surface area contributed by atoms with Gasteiger partial charge in [-0.15, -0.1) is 0 Å². The molecule has 0 heterocycles. The number of carbonyl (C=O) groups is 1. The Labute approximate surface area is 209 Å². The van der Waals surface area contributed by atoms with Crippen molar-refractivity contribution in [2.45, 2.75) is 136 Å². The summed E-state index contributed by atoms with van der Waals surface area (Å²) in [5.74, 6) is 1.57. The molecule has 34 heavy (non-hydrogen) atoms. The molecule has 1 saturated carbocycles. The summed E-state index contributed by atoms with van der Waals surface area (Å²) in [6, 6.07) is 8.19. The highest BCUT2D eigenvalue weighted by Crippen LogP contribution is 2.33. The van der Waals surface area contributed by atoms with Crippen molar-refractivity contribution in [3.63, 3.8) is 0 Å². The van der Waals surface area contributed by atoms with Crippen LogP contribution in [0.15, 0.2) is 30.3 Å². The number of allylic oxidation sites excluding steroid dienone is 2. The van der Waals surface area contributed by atoms with Gasteiger partial charge in [0.1, 0.15) is 6.10 Å². The topological polar surface area (TPSA) is 26.3 Å². The van der Waals surface area contributed by atoms with E-state index in [2.05, 4.69) is 32.1 Å². The molecule has 1 aromatic carbocycles. The van der Waals surface area contributed by atoms with E-state index in [0.717, 1.165) is 24.7 Å². The summed E-state index contributed by atoms with van der Waals surface area (Å²) >= 11 is 0. The Morgan fingerprint density at radius 3 is 2.06 bits per heavy atom. The molecule has 0 N–H and O–H groups in total. The van der Waals surface area contributed by atoms with E-state index in [-0.39, 0.29) is 12.1 Å². The zero-order chi connectivity index (χ0) is 24.0. The van der Waals surface area contributed by atoms with Crippen LogP contribution in [0.25, 0.3) is 5.57 Å². The molecule has 1 atom stereocenters. The third-order valence-electron chi connectivity index (χ3n) is 8.26. The van der Waals surface area contributed by atoms with Gasteiger partial charge in [-0.3, -0.25) is 0 Å². The Bertz CT molecular complexity index is 724. The Balaban J connectivity index is 1.37. The average Bonchev–Trinajstić information content (AvgIpc) is 2.88. The lowest BCUT2D eigenvalue weighted by Gasteiger charge is -2.28. The Hall–Kier alpha value is -1.57. The maximum Gasteiger partial charge on any atom is 0.338 e. The zero-order valence-corrected chi connectivity index (χ0v) is 22.2. The van der Waals surface area contributed by atoms with Crippen LogP contribution in [-0.4, -0.2) is 12.1 Å². The van der Waals surface area contributed by atoms with Gasteiger partial charge in [0.25, 0.3) is 0 Å². The smallest absolute Gasteiger partial charge is 0.338 e. The van der Waals surface area contributed by atoms with Crippen molar-refractivity contribution in [2.24, 2.45) is 11.8 Å². The lowest BCUT2D eigenvalue weighted by atomic mass is 9.83. The molecule has 0 saturated heterocycles. The van der Waals surface area contributed by atoms with E-state index < -0.39 is 0 Å². The highest BCUT2D eigenvalue weighted by Gasteiger charge is 2.24. The number of unbranched alkanes of at least 4 members (excludes halogenated alkanes) is 7. The van der Waals surface area contributed by atoms with Crippen molar-refractivity contribution < 1.29 is 9.53 Å². The van der Waals surface area contributed by atoms with Gasteiger partial charge in [-0.1, -0.05) is 103 Å². The first-order valence-corrected chi connectivity index (χ1v) is 14.7. The van der Waals surface area contributed by atoms with Gasteiger partial charge in [0, 0.05) is 0 Å². The fourth-order valence-corrected chi connectivity index (χ4v) is 5.89. The standard InChI is InChI=1S/C32H50O2/c1-3-5-7-8-9-11-13-26-14-18-28(19-15-26)29-20-22-30(23-21-29)32(33)34-31-24-16-27(17-25-31)12-10-6-4-2/h18,20-23,26-27,31H,3-17,19,24-25H2,1-2H3. The van der Waals surface area contributed by atoms with E-state index in [1.54, 1.807) is 0 Å². The molecule has 0 radical (unpaired) electrons. The molecule has 0 aliphatic heterocycles. The molecule has 1 aromatic rings. The highest BCUT2D eigenvalue weighted by atomic mass is 16.5. The number of carbonyl (C=O) groups excluding carboxylic acids is 1. The molecule has 1 unspecified atom stereocenters. The van der Waals surface area contributed by atoms with E-state index in [1.807, 2.05) is 12.1 Å². The number of hydrogen-bond acceptors (Lipinski definition) is 2. The van der Waals surface area contributed by atoms with Gasteiger partial charge in [-0.25, -0.2) is 4.79 Å². The maximum absolute atomic E-state index is 12.7. The van der Waals surface area contributed by atoms with Crippen molar-refractivity contribution in [1.82, 2.24) is 0 Å². The molecule has 2 heteroatoms. The number of ether oxygens (including phenoxy) is 1. The van der Waals surface area contributed by atoms with Crippen molar-refractivity contribution in [2.75, 3.05) is 0 Å². The van der Waals surface area contributed by atoms with Crippen LogP contribution in [0, 0.1) is 11.8 Å². The van der Waals surface area contributed by atoms with Crippen LogP contribution in [0.2, 0.25) is 0 Å². The second kappa shape index (κ2) is 15.4. The quantitative estimate of drug-likeness (QED) is 0.201. The minimum atomic E-state index is -0.141. The summed E-state index contributed by atoms with van der Waals surface area (Å²) < 4.78 is 5.87. The fourth-order valence-electron chi connectivity index (χ4n) is 5.89. The Morgan fingerprint density at radius 2 is 1.38 bits per heavy atom. The third-order valence-corrected chi connectivity index (χ3v) is 8.26. The predicted molar refractivity (Wildman–Crippen MR) is 145 cm³/mol. The van der Waals surface area contributed by atoms with Gasteiger partial charge >= 0.3 is 5.97 Å². The monoisotopic (exact) mass is 466 g/mol. The number of hydrogen-bond donors (Lipinski definition) is 0. The molecule has 3 rings (SSSR count). The minimum absolute atomic E-state index is 0.110. The molecule has 2 aliphatic rings. The summed E-state index contributed by atoms with van der Waals surface area (Å²) in [6.07, 6.45) is 25.9. The zero-order valence-electron chi connectivity index (χ0n) is 22.2. The first-order chi connectivity index (χ1) is 16.7. The summed E-state index contributed by atoms with van der Waals surface area (Å²) in [5.41, 5.74) is 3.44. The van der Waals surface area contributed by atoms with E-state index >= 15 is 0 Å². The molecule has 2 nitrogen and oxygen atoms in total. The van der Waals surface area contributed by atoms with Crippen LogP contribution in [0.3, 0.4) is 0 Å². The van der Waals surface area contributed by atoms with Crippen LogP contribution in [0.4, 0.5) is 0 Å². The lowest BCUT2D eigenvalue weighted by molar-refractivity contribution is 0.0161. The highest BCUT2D eigenvalue weighted by molar-refractivity contribution is 5.90.